The van der Waals surface area contributed by atoms with Crippen molar-refractivity contribution in [2.45, 2.75) is 13.0 Å². The van der Waals surface area contributed by atoms with Gasteiger partial charge in [-0.1, -0.05) is 0 Å². The second kappa shape index (κ2) is 8.93. The van der Waals surface area contributed by atoms with Crippen LogP contribution in [-0.4, -0.2) is 52.5 Å². The lowest BCUT2D eigenvalue weighted by molar-refractivity contribution is -0.120. The highest BCUT2D eigenvalue weighted by Gasteiger charge is 2.03. The minimum absolute atomic E-state index is 0.0231. The number of methoxy groups -OCH3 is 2. The van der Waals surface area contributed by atoms with Gasteiger partial charge in [0.25, 0.3) is 0 Å². The van der Waals surface area contributed by atoms with E-state index in [0.29, 0.717) is 26.3 Å². The first kappa shape index (κ1) is 13.4. The van der Waals surface area contributed by atoms with Crippen LogP contribution in [0.15, 0.2) is 0 Å². The Labute approximate surface area is 85.1 Å². The highest BCUT2D eigenvalue weighted by Crippen LogP contribution is 1.80. The van der Waals surface area contributed by atoms with Crippen molar-refractivity contribution in [1.82, 2.24) is 10.6 Å². The van der Waals surface area contributed by atoms with Gasteiger partial charge < -0.3 is 20.1 Å². The summed E-state index contributed by atoms with van der Waals surface area (Å²) in [5.41, 5.74) is 0. The summed E-state index contributed by atoms with van der Waals surface area (Å²) >= 11 is 0. The standard InChI is InChI=1S/C9H20N2O3/c1-8(7-14-3)11-6-9(12)10-4-5-13-2/h8,11H,4-7H2,1-3H3,(H,10,12). The smallest absolute Gasteiger partial charge is 0.234 e. The average molecular weight is 204 g/mol. The number of carbonyl (C=O) groups is 1. The third-order valence-corrected chi connectivity index (χ3v) is 1.66. The van der Waals surface area contributed by atoms with Crippen LogP contribution in [0.4, 0.5) is 0 Å². The van der Waals surface area contributed by atoms with Crippen LogP contribution in [0.25, 0.3) is 0 Å². The molecule has 5 nitrogen and oxygen atoms in total. The molecule has 0 heterocycles. The fourth-order valence-corrected chi connectivity index (χ4v) is 0.931. The van der Waals surface area contributed by atoms with Gasteiger partial charge in [-0.3, -0.25) is 4.79 Å². The Hall–Kier alpha value is -0.650. The molecule has 0 saturated heterocycles. The van der Waals surface area contributed by atoms with E-state index in [1.165, 1.54) is 0 Å². The van der Waals surface area contributed by atoms with Crippen LogP contribution >= 0.6 is 0 Å². The number of rotatable bonds is 8. The quantitative estimate of drug-likeness (QED) is 0.517. The molecule has 0 aliphatic heterocycles. The summed E-state index contributed by atoms with van der Waals surface area (Å²) in [6.45, 7) is 3.97. The van der Waals surface area contributed by atoms with Crippen LogP contribution in [0, 0.1) is 0 Å². The lowest BCUT2D eigenvalue weighted by Gasteiger charge is -2.12. The van der Waals surface area contributed by atoms with Gasteiger partial charge in [0.2, 0.25) is 5.91 Å². The summed E-state index contributed by atoms with van der Waals surface area (Å²) in [7, 11) is 3.24. The molecule has 1 unspecified atom stereocenters. The van der Waals surface area contributed by atoms with E-state index >= 15 is 0 Å². The normalized spacial score (nSPS) is 12.5. The molecule has 5 heteroatoms. The van der Waals surface area contributed by atoms with E-state index in [4.69, 9.17) is 9.47 Å². The van der Waals surface area contributed by atoms with Gasteiger partial charge in [-0.15, -0.1) is 0 Å². The van der Waals surface area contributed by atoms with Crippen LogP contribution in [0.2, 0.25) is 0 Å². The number of hydrogen-bond acceptors (Lipinski definition) is 4. The minimum Gasteiger partial charge on any atom is -0.383 e. The highest BCUT2D eigenvalue weighted by atomic mass is 16.5. The zero-order chi connectivity index (χ0) is 10.8. The van der Waals surface area contributed by atoms with Crippen LogP contribution in [-0.2, 0) is 14.3 Å². The molecular weight excluding hydrogens is 184 g/mol. The SMILES string of the molecule is COCCNC(=O)CNC(C)COC. The second-order valence-electron chi connectivity index (χ2n) is 3.08. The van der Waals surface area contributed by atoms with E-state index in [1.807, 2.05) is 6.92 Å². The van der Waals surface area contributed by atoms with Crippen molar-refractivity contribution in [2.75, 3.05) is 40.5 Å². The van der Waals surface area contributed by atoms with E-state index in [1.54, 1.807) is 14.2 Å². The molecule has 1 atom stereocenters. The Morgan fingerprint density at radius 3 is 2.64 bits per heavy atom. The van der Waals surface area contributed by atoms with Crippen molar-refractivity contribution >= 4 is 5.91 Å². The topological polar surface area (TPSA) is 59.6 Å². The summed E-state index contributed by atoms with van der Waals surface area (Å²) in [4.78, 5) is 11.2. The van der Waals surface area contributed by atoms with Crippen LogP contribution in [0.3, 0.4) is 0 Å². The molecule has 0 aliphatic carbocycles. The van der Waals surface area contributed by atoms with Gasteiger partial charge in [0, 0.05) is 26.8 Å². The van der Waals surface area contributed by atoms with Gasteiger partial charge in [-0.05, 0) is 6.92 Å². The van der Waals surface area contributed by atoms with Gasteiger partial charge in [0.15, 0.2) is 0 Å². The molecule has 0 aromatic heterocycles. The highest BCUT2D eigenvalue weighted by molar-refractivity contribution is 5.77. The van der Waals surface area contributed by atoms with Crippen molar-refractivity contribution < 1.29 is 14.3 Å². The summed E-state index contributed by atoms with van der Waals surface area (Å²) in [5.74, 6) is -0.0231. The van der Waals surface area contributed by atoms with Crippen LogP contribution in [0.1, 0.15) is 6.92 Å². The molecule has 0 radical (unpaired) electrons. The average Bonchev–Trinajstić information content (AvgIpc) is 2.16. The molecule has 0 aromatic rings. The molecule has 0 rings (SSSR count). The van der Waals surface area contributed by atoms with E-state index in [-0.39, 0.29) is 11.9 Å². The molecule has 0 bridgehead atoms. The first-order chi connectivity index (χ1) is 6.70. The van der Waals surface area contributed by atoms with Gasteiger partial charge in [-0.2, -0.15) is 0 Å². The largest absolute Gasteiger partial charge is 0.383 e. The Balaban J connectivity index is 3.34. The fourth-order valence-electron chi connectivity index (χ4n) is 0.931. The van der Waals surface area contributed by atoms with Gasteiger partial charge in [0.05, 0.1) is 19.8 Å². The lowest BCUT2D eigenvalue weighted by atomic mass is 10.3. The predicted octanol–water partition coefficient (Wildman–Crippen LogP) is -0.626. The molecule has 0 aromatic carbocycles. The molecule has 2 N–H and O–H groups in total. The van der Waals surface area contributed by atoms with E-state index in [9.17, 15) is 4.79 Å². The van der Waals surface area contributed by atoms with Crippen molar-refractivity contribution in [3.63, 3.8) is 0 Å². The van der Waals surface area contributed by atoms with Crippen LogP contribution in [0.5, 0.6) is 0 Å². The summed E-state index contributed by atoms with van der Waals surface area (Å²) in [6, 6.07) is 0.188. The second-order valence-corrected chi connectivity index (χ2v) is 3.08. The van der Waals surface area contributed by atoms with Crippen molar-refractivity contribution in [2.24, 2.45) is 0 Å². The summed E-state index contributed by atoms with van der Waals surface area (Å²) < 4.78 is 9.72. The zero-order valence-corrected chi connectivity index (χ0v) is 9.13. The molecule has 0 spiro atoms. The molecule has 0 fully saturated rings. The number of amides is 1. The first-order valence-corrected chi connectivity index (χ1v) is 4.68. The van der Waals surface area contributed by atoms with Gasteiger partial charge in [-0.25, -0.2) is 0 Å². The number of hydrogen-bond donors (Lipinski definition) is 2. The molecule has 0 saturated carbocycles. The maximum atomic E-state index is 11.2. The molecule has 0 aliphatic rings. The maximum absolute atomic E-state index is 11.2. The Kier molecular flexibility index (Phi) is 8.51. The number of ether oxygens (including phenoxy) is 2. The Morgan fingerprint density at radius 2 is 2.07 bits per heavy atom. The van der Waals surface area contributed by atoms with E-state index in [0.717, 1.165) is 0 Å². The Bertz CT molecular complexity index is 153. The van der Waals surface area contributed by atoms with Crippen molar-refractivity contribution in [3.8, 4) is 0 Å². The van der Waals surface area contributed by atoms with Crippen LogP contribution < -0.4 is 10.6 Å². The van der Waals surface area contributed by atoms with Gasteiger partial charge >= 0.3 is 0 Å². The maximum Gasteiger partial charge on any atom is 0.234 e. The number of nitrogens with one attached hydrogen (secondary N) is 2. The third-order valence-electron chi connectivity index (χ3n) is 1.66. The predicted molar refractivity (Wildman–Crippen MR) is 54.2 cm³/mol. The molecular formula is C9H20N2O3. The molecule has 1 amide bonds. The zero-order valence-electron chi connectivity index (χ0n) is 9.13. The minimum atomic E-state index is -0.0231. The van der Waals surface area contributed by atoms with Gasteiger partial charge in [0.1, 0.15) is 0 Å². The summed E-state index contributed by atoms with van der Waals surface area (Å²) in [6.07, 6.45) is 0. The first-order valence-electron chi connectivity index (χ1n) is 4.68. The third kappa shape index (κ3) is 7.97. The monoisotopic (exact) mass is 204 g/mol. The van der Waals surface area contributed by atoms with E-state index < -0.39 is 0 Å². The van der Waals surface area contributed by atoms with Crippen molar-refractivity contribution in [3.05, 3.63) is 0 Å². The molecule has 14 heavy (non-hydrogen) atoms. The lowest BCUT2D eigenvalue weighted by Crippen LogP contribution is -2.40. The van der Waals surface area contributed by atoms with Crippen molar-refractivity contribution in [1.29, 1.82) is 0 Å². The Morgan fingerprint density at radius 1 is 1.36 bits per heavy atom. The molecule has 84 valence electrons. The number of carbonyl (C=O) groups excluding carboxylic acids is 1. The van der Waals surface area contributed by atoms with E-state index in [2.05, 4.69) is 10.6 Å². The fraction of sp³-hybridized carbons (Fsp3) is 0.889. The summed E-state index contributed by atoms with van der Waals surface area (Å²) in [5, 5.41) is 5.75.